The summed E-state index contributed by atoms with van der Waals surface area (Å²) < 4.78 is 0. The van der Waals surface area contributed by atoms with Crippen LogP contribution in [0.1, 0.15) is 12.0 Å². The van der Waals surface area contributed by atoms with E-state index in [0.29, 0.717) is 18.0 Å². The first-order chi connectivity index (χ1) is 10.1. The standard InChI is InChI=1S/C17H19ClN2O.ClH/c1-20(13-14-6-3-2-4-7-14)11-10-17(21)19-16-9-5-8-15(18)12-16;/h2-9,12H,10-11,13H2,1H3,(H,19,21);1H. The summed E-state index contributed by atoms with van der Waals surface area (Å²) in [5.41, 5.74) is 1.98. The Morgan fingerprint density at radius 2 is 1.86 bits per heavy atom. The summed E-state index contributed by atoms with van der Waals surface area (Å²) in [6.45, 7) is 1.55. The maximum atomic E-state index is 11.9. The van der Waals surface area contributed by atoms with Crippen molar-refractivity contribution in [3.05, 3.63) is 65.2 Å². The van der Waals surface area contributed by atoms with Crippen molar-refractivity contribution in [1.29, 1.82) is 0 Å². The van der Waals surface area contributed by atoms with E-state index in [1.807, 2.05) is 37.4 Å². The highest BCUT2D eigenvalue weighted by Gasteiger charge is 2.06. The fraction of sp³-hybridized carbons (Fsp3) is 0.235. The van der Waals surface area contributed by atoms with Crippen LogP contribution in [0.4, 0.5) is 5.69 Å². The lowest BCUT2D eigenvalue weighted by Crippen LogP contribution is -2.24. The molecule has 0 spiro atoms. The van der Waals surface area contributed by atoms with Gasteiger partial charge in [-0.3, -0.25) is 4.79 Å². The number of hydrogen-bond donors (Lipinski definition) is 1. The van der Waals surface area contributed by atoms with Gasteiger partial charge in [0.05, 0.1) is 0 Å². The summed E-state index contributed by atoms with van der Waals surface area (Å²) in [4.78, 5) is 14.0. The first-order valence-electron chi connectivity index (χ1n) is 6.91. The van der Waals surface area contributed by atoms with Gasteiger partial charge in [0.15, 0.2) is 0 Å². The molecule has 0 atom stereocenters. The fourth-order valence-electron chi connectivity index (χ4n) is 2.06. The molecule has 2 aromatic carbocycles. The van der Waals surface area contributed by atoms with E-state index in [2.05, 4.69) is 22.3 Å². The van der Waals surface area contributed by atoms with Crippen molar-refractivity contribution in [3.8, 4) is 0 Å². The molecular formula is C17H20Cl2N2O. The number of rotatable bonds is 6. The maximum absolute atomic E-state index is 11.9. The average Bonchev–Trinajstić information content (AvgIpc) is 2.46. The van der Waals surface area contributed by atoms with Gasteiger partial charge in [-0.05, 0) is 30.8 Å². The second-order valence-electron chi connectivity index (χ2n) is 5.03. The molecule has 0 aliphatic heterocycles. The van der Waals surface area contributed by atoms with Gasteiger partial charge in [0, 0.05) is 30.2 Å². The van der Waals surface area contributed by atoms with Crippen molar-refractivity contribution >= 4 is 35.6 Å². The van der Waals surface area contributed by atoms with Crippen molar-refractivity contribution < 1.29 is 4.79 Å². The zero-order valence-electron chi connectivity index (χ0n) is 12.5. The van der Waals surface area contributed by atoms with Gasteiger partial charge in [-0.15, -0.1) is 12.4 Å². The second-order valence-corrected chi connectivity index (χ2v) is 5.47. The highest BCUT2D eigenvalue weighted by atomic mass is 35.5. The Labute approximate surface area is 142 Å². The summed E-state index contributed by atoms with van der Waals surface area (Å²) in [6.07, 6.45) is 0.454. The van der Waals surface area contributed by atoms with Crippen LogP contribution in [0, 0.1) is 0 Å². The minimum absolute atomic E-state index is 0. The highest BCUT2D eigenvalue weighted by Crippen LogP contribution is 2.15. The van der Waals surface area contributed by atoms with Crippen LogP contribution in [0.3, 0.4) is 0 Å². The number of nitrogens with one attached hydrogen (secondary N) is 1. The number of benzene rings is 2. The van der Waals surface area contributed by atoms with Crippen molar-refractivity contribution in [3.63, 3.8) is 0 Å². The summed E-state index contributed by atoms with van der Waals surface area (Å²) >= 11 is 5.89. The van der Waals surface area contributed by atoms with E-state index in [1.54, 1.807) is 12.1 Å². The van der Waals surface area contributed by atoms with Gasteiger partial charge in [0.25, 0.3) is 0 Å². The molecule has 0 saturated carbocycles. The van der Waals surface area contributed by atoms with E-state index < -0.39 is 0 Å². The Kier molecular flexibility index (Phi) is 7.96. The van der Waals surface area contributed by atoms with Crippen LogP contribution >= 0.6 is 24.0 Å². The predicted octanol–water partition coefficient (Wildman–Crippen LogP) is 4.22. The number of halogens is 2. The molecule has 5 heteroatoms. The number of hydrogen-bond acceptors (Lipinski definition) is 2. The molecule has 0 radical (unpaired) electrons. The molecule has 1 amide bonds. The Morgan fingerprint density at radius 1 is 1.14 bits per heavy atom. The Hall–Kier alpha value is -1.55. The Bertz CT molecular complexity index is 590. The van der Waals surface area contributed by atoms with Crippen LogP contribution in [0.5, 0.6) is 0 Å². The summed E-state index contributed by atoms with van der Waals surface area (Å²) in [7, 11) is 2.01. The zero-order chi connectivity index (χ0) is 15.1. The van der Waals surface area contributed by atoms with Gasteiger partial charge in [0.2, 0.25) is 5.91 Å². The van der Waals surface area contributed by atoms with Crippen LogP contribution in [-0.2, 0) is 11.3 Å². The SMILES string of the molecule is CN(CCC(=O)Nc1cccc(Cl)c1)Cc1ccccc1.Cl. The molecule has 0 heterocycles. The predicted molar refractivity (Wildman–Crippen MR) is 94.7 cm³/mol. The van der Waals surface area contributed by atoms with E-state index in [0.717, 1.165) is 12.2 Å². The molecule has 0 bridgehead atoms. The summed E-state index contributed by atoms with van der Waals surface area (Å²) in [5.74, 6) is -0.00261. The molecule has 0 aromatic heterocycles. The van der Waals surface area contributed by atoms with Crippen LogP contribution < -0.4 is 5.32 Å². The third kappa shape index (κ3) is 6.48. The largest absolute Gasteiger partial charge is 0.326 e. The first kappa shape index (κ1) is 18.5. The van der Waals surface area contributed by atoms with Gasteiger partial charge in [-0.2, -0.15) is 0 Å². The third-order valence-corrected chi connectivity index (χ3v) is 3.36. The first-order valence-corrected chi connectivity index (χ1v) is 7.29. The van der Waals surface area contributed by atoms with Crippen molar-refractivity contribution in [2.45, 2.75) is 13.0 Å². The molecular weight excluding hydrogens is 319 g/mol. The lowest BCUT2D eigenvalue weighted by Gasteiger charge is -2.16. The van der Waals surface area contributed by atoms with Crippen LogP contribution in [0.2, 0.25) is 5.02 Å². The number of amides is 1. The molecule has 0 fully saturated rings. The topological polar surface area (TPSA) is 32.3 Å². The van der Waals surface area contributed by atoms with Crippen LogP contribution in [0.15, 0.2) is 54.6 Å². The molecule has 0 aliphatic carbocycles. The number of anilines is 1. The Morgan fingerprint density at radius 3 is 2.55 bits per heavy atom. The summed E-state index contributed by atoms with van der Waals surface area (Å²) in [5, 5.41) is 3.47. The molecule has 2 aromatic rings. The highest BCUT2D eigenvalue weighted by molar-refractivity contribution is 6.30. The van der Waals surface area contributed by atoms with E-state index in [1.165, 1.54) is 5.56 Å². The van der Waals surface area contributed by atoms with E-state index in [-0.39, 0.29) is 18.3 Å². The molecule has 22 heavy (non-hydrogen) atoms. The lowest BCUT2D eigenvalue weighted by molar-refractivity contribution is -0.116. The normalized spacial score (nSPS) is 10.1. The third-order valence-electron chi connectivity index (χ3n) is 3.12. The number of nitrogens with zero attached hydrogens (tertiary/aromatic N) is 1. The molecule has 0 saturated heterocycles. The van der Waals surface area contributed by atoms with Crippen molar-refractivity contribution in [2.75, 3.05) is 18.9 Å². The minimum atomic E-state index is -0.00261. The lowest BCUT2D eigenvalue weighted by atomic mass is 10.2. The Balaban J connectivity index is 0.00000242. The second kappa shape index (κ2) is 9.46. The fourth-order valence-corrected chi connectivity index (χ4v) is 2.25. The average molecular weight is 339 g/mol. The van der Waals surface area contributed by atoms with E-state index in [9.17, 15) is 4.79 Å². The quantitative estimate of drug-likeness (QED) is 0.854. The van der Waals surface area contributed by atoms with Crippen molar-refractivity contribution in [2.24, 2.45) is 0 Å². The molecule has 2 rings (SSSR count). The van der Waals surface area contributed by atoms with Gasteiger partial charge in [0.1, 0.15) is 0 Å². The van der Waals surface area contributed by atoms with E-state index in [4.69, 9.17) is 11.6 Å². The zero-order valence-corrected chi connectivity index (χ0v) is 14.0. The van der Waals surface area contributed by atoms with Crippen LogP contribution in [0.25, 0.3) is 0 Å². The molecule has 1 N–H and O–H groups in total. The molecule has 0 unspecified atom stereocenters. The minimum Gasteiger partial charge on any atom is -0.326 e. The summed E-state index contributed by atoms with van der Waals surface area (Å²) in [6, 6.07) is 17.4. The number of carbonyl (C=O) groups excluding carboxylic acids is 1. The van der Waals surface area contributed by atoms with Gasteiger partial charge >= 0.3 is 0 Å². The molecule has 118 valence electrons. The van der Waals surface area contributed by atoms with Gasteiger partial charge < -0.3 is 10.2 Å². The van der Waals surface area contributed by atoms with Gasteiger partial charge in [-0.25, -0.2) is 0 Å². The van der Waals surface area contributed by atoms with Gasteiger partial charge in [-0.1, -0.05) is 48.0 Å². The van der Waals surface area contributed by atoms with Crippen LogP contribution in [-0.4, -0.2) is 24.4 Å². The maximum Gasteiger partial charge on any atom is 0.225 e. The smallest absolute Gasteiger partial charge is 0.225 e. The number of carbonyl (C=O) groups is 1. The molecule has 3 nitrogen and oxygen atoms in total. The monoisotopic (exact) mass is 338 g/mol. The van der Waals surface area contributed by atoms with E-state index >= 15 is 0 Å². The molecule has 0 aliphatic rings. The van der Waals surface area contributed by atoms with Crippen molar-refractivity contribution in [1.82, 2.24) is 4.90 Å².